The first-order valence-electron chi connectivity index (χ1n) is 14.7. The molecule has 1 heterocycles. The summed E-state index contributed by atoms with van der Waals surface area (Å²) in [5.74, 6) is 2.57. The summed E-state index contributed by atoms with van der Waals surface area (Å²) in [4.78, 5) is 14.9. The Hall–Kier alpha value is -4.75. The summed E-state index contributed by atoms with van der Waals surface area (Å²) in [6, 6.07) is 33.6. The van der Waals surface area contributed by atoms with E-state index in [-0.39, 0.29) is 12.0 Å². The van der Waals surface area contributed by atoms with Crippen molar-refractivity contribution in [2.24, 2.45) is 0 Å². The van der Waals surface area contributed by atoms with Crippen molar-refractivity contribution in [3.63, 3.8) is 0 Å². The van der Waals surface area contributed by atoms with Crippen molar-refractivity contribution >= 4 is 5.91 Å². The molecular weight excluding hydrogens is 538 g/mol. The van der Waals surface area contributed by atoms with Crippen LogP contribution in [0.1, 0.15) is 59.6 Å². The number of rotatable bonds is 13. The van der Waals surface area contributed by atoms with Gasteiger partial charge in [-0.1, -0.05) is 67.6 Å². The molecule has 0 N–H and O–H groups in total. The minimum absolute atomic E-state index is 0.0482. The van der Waals surface area contributed by atoms with E-state index in [2.05, 4.69) is 53.5 Å². The van der Waals surface area contributed by atoms with Gasteiger partial charge in [0.1, 0.15) is 17.6 Å². The number of hydrogen-bond donors (Lipinski definition) is 0. The van der Waals surface area contributed by atoms with Gasteiger partial charge in [-0.25, -0.2) is 0 Å². The van der Waals surface area contributed by atoms with Crippen molar-refractivity contribution in [3.8, 4) is 22.6 Å². The fourth-order valence-corrected chi connectivity index (χ4v) is 4.88. The Balaban J connectivity index is 1.20. The second-order valence-electron chi connectivity index (χ2n) is 10.4. The molecule has 0 fully saturated rings. The molecule has 0 radical (unpaired) electrons. The zero-order valence-corrected chi connectivity index (χ0v) is 24.9. The fraction of sp³-hybridized carbons (Fsp3) is 0.250. The van der Waals surface area contributed by atoms with Gasteiger partial charge in [-0.3, -0.25) is 4.79 Å². The highest BCUT2D eigenvalue weighted by molar-refractivity contribution is 5.94. The van der Waals surface area contributed by atoms with E-state index in [0.717, 1.165) is 40.8 Å². The molecule has 1 atom stereocenters. The Morgan fingerprint density at radius 3 is 2.28 bits per heavy atom. The van der Waals surface area contributed by atoms with Crippen LogP contribution < -0.4 is 4.74 Å². The third-order valence-corrected chi connectivity index (χ3v) is 7.07. The maximum atomic E-state index is 13.1. The third kappa shape index (κ3) is 7.96. The average Bonchev–Trinajstić information content (AvgIpc) is 3.51. The van der Waals surface area contributed by atoms with E-state index in [4.69, 9.17) is 13.9 Å². The summed E-state index contributed by atoms with van der Waals surface area (Å²) in [6.45, 7) is 5.11. The number of ether oxygens (including phenoxy) is 2. The molecule has 0 aliphatic heterocycles. The molecule has 0 aliphatic carbocycles. The van der Waals surface area contributed by atoms with Gasteiger partial charge in [0.2, 0.25) is 11.8 Å². The van der Waals surface area contributed by atoms with Crippen molar-refractivity contribution in [1.29, 1.82) is 0 Å². The van der Waals surface area contributed by atoms with Crippen molar-refractivity contribution in [2.45, 2.75) is 45.8 Å². The third-order valence-electron chi connectivity index (χ3n) is 7.07. The Labute approximate surface area is 253 Å². The zero-order valence-electron chi connectivity index (χ0n) is 24.9. The molecule has 1 amide bonds. The zero-order chi connectivity index (χ0) is 30.0. The van der Waals surface area contributed by atoms with Gasteiger partial charge >= 0.3 is 0 Å². The quantitative estimate of drug-likeness (QED) is 0.141. The van der Waals surface area contributed by atoms with Gasteiger partial charge in [-0.2, -0.15) is 0 Å². The van der Waals surface area contributed by atoms with Gasteiger partial charge in [0, 0.05) is 38.6 Å². The number of aryl methyl sites for hydroxylation is 1. The first kappa shape index (κ1) is 29.7. The summed E-state index contributed by atoms with van der Waals surface area (Å²) in [6.07, 6.45) is 2.09. The van der Waals surface area contributed by atoms with E-state index in [0.29, 0.717) is 42.7 Å². The standard InChI is InChI=1S/C36H37N3O4/c1-4-10-34-37-38-35(43-34)33(41-5-2)24-26-15-17-28(18-16-26)30-12-9-11-27(23-30)25-39(3)36(40)29-19-21-32(22-20-29)42-31-13-7-6-8-14-31/h6-9,11-23,33H,4-5,10,24-25H2,1-3H3. The van der Waals surface area contributed by atoms with E-state index in [1.165, 1.54) is 0 Å². The van der Waals surface area contributed by atoms with Crippen molar-refractivity contribution in [3.05, 3.63) is 132 Å². The lowest BCUT2D eigenvalue weighted by molar-refractivity contribution is 0.0422. The number of carbonyl (C=O) groups is 1. The molecule has 5 rings (SSSR count). The van der Waals surface area contributed by atoms with Crippen LogP contribution in [0.2, 0.25) is 0 Å². The lowest BCUT2D eigenvalue weighted by Crippen LogP contribution is -2.26. The molecule has 4 aromatic carbocycles. The van der Waals surface area contributed by atoms with Crippen LogP contribution in [-0.4, -0.2) is 34.7 Å². The predicted molar refractivity (Wildman–Crippen MR) is 167 cm³/mol. The Morgan fingerprint density at radius 1 is 0.814 bits per heavy atom. The molecule has 1 aromatic heterocycles. The maximum Gasteiger partial charge on any atom is 0.253 e. The highest BCUT2D eigenvalue weighted by atomic mass is 16.5. The van der Waals surface area contributed by atoms with Crippen LogP contribution in [0.5, 0.6) is 11.5 Å². The molecule has 0 saturated heterocycles. The fourth-order valence-electron chi connectivity index (χ4n) is 4.88. The van der Waals surface area contributed by atoms with Crippen molar-refractivity contribution < 1.29 is 18.7 Å². The van der Waals surface area contributed by atoms with Crippen LogP contribution in [-0.2, 0) is 24.1 Å². The topological polar surface area (TPSA) is 77.7 Å². The summed E-state index contributed by atoms with van der Waals surface area (Å²) in [5, 5.41) is 8.38. The van der Waals surface area contributed by atoms with Crippen LogP contribution in [0.3, 0.4) is 0 Å². The molecule has 7 heteroatoms. The first-order chi connectivity index (χ1) is 21.0. The largest absolute Gasteiger partial charge is 0.457 e. The first-order valence-corrected chi connectivity index (χ1v) is 14.7. The number of para-hydroxylation sites is 1. The van der Waals surface area contributed by atoms with E-state index in [9.17, 15) is 4.79 Å². The number of carbonyl (C=O) groups excluding carboxylic acids is 1. The number of hydrogen-bond acceptors (Lipinski definition) is 6. The van der Waals surface area contributed by atoms with Gasteiger partial charge in [0.25, 0.3) is 5.91 Å². The lowest BCUT2D eigenvalue weighted by Gasteiger charge is -2.18. The van der Waals surface area contributed by atoms with Gasteiger partial charge in [0.15, 0.2) is 0 Å². The molecule has 0 saturated carbocycles. The number of aromatic nitrogens is 2. The lowest BCUT2D eigenvalue weighted by atomic mass is 9.99. The molecule has 0 aliphatic rings. The van der Waals surface area contributed by atoms with Crippen LogP contribution in [0, 0.1) is 0 Å². The Kier molecular flexibility index (Phi) is 9.97. The van der Waals surface area contributed by atoms with Crippen LogP contribution in [0.4, 0.5) is 0 Å². The summed E-state index contributed by atoms with van der Waals surface area (Å²) >= 11 is 0. The SMILES string of the molecule is CCCc1nnc(C(Cc2ccc(-c3cccc(CN(C)C(=O)c4ccc(Oc5ccccc5)cc4)c3)cc2)OCC)o1. The summed E-state index contributed by atoms with van der Waals surface area (Å²) in [7, 11) is 1.82. The van der Waals surface area contributed by atoms with Crippen LogP contribution in [0.25, 0.3) is 11.1 Å². The van der Waals surface area contributed by atoms with Gasteiger partial charge < -0.3 is 18.8 Å². The van der Waals surface area contributed by atoms with E-state index in [1.807, 2.05) is 68.6 Å². The van der Waals surface area contributed by atoms with Crippen LogP contribution in [0.15, 0.2) is 108 Å². The van der Waals surface area contributed by atoms with Crippen molar-refractivity contribution in [2.75, 3.05) is 13.7 Å². The molecule has 7 nitrogen and oxygen atoms in total. The second-order valence-corrected chi connectivity index (χ2v) is 10.4. The van der Waals surface area contributed by atoms with E-state index in [1.54, 1.807) is 17.0 Å². The molecule has 43 heavy (non-hydrogen) atoms. The number of nitrogens with zero attached hydrogens (tertiary/aromatic N) is 3. The van der Waals surface area contributed by atoms with Gasteiger partial charge in [0.05, 0.1) is 0 Å². The van der Waals surface area contributed by atoms with Gasteiger partial charge in [-0.05, 0) is 78.1 Å². The van der Waals surface area contributed by atoms with Crippen molar-refractivity contribution in [1.82, 2.24) is 15.1 Å². The molecule has 0 bridgehead atoms. The Morgan fingerprint density at radius 2 is 1.56 bits per heavy atom. The highest BCUT2D eigenvalue weighted by Crippen LogP contribution is 2.26. The predicted octanol–water partition coefficient (Wildman–Crippen LogP) is 8.07. The van der Waals surface area contributed by atoms with Gasteiger partial charge in [-0.15, -0.1) is 10.2 Å². The Bertz CT molecular complexity index is 1600. The minimum atomic E-state index is -0.280. The molecule has 220 valence electrons. The maximum absolute atomic E-state index is 13.1. The average molecular weight is 576 g/mol. The molecule has 5 aromatic rings. The second kappa shape index (κ2) is 14.4. The van der Waals surface area contributed by atoms with E-state index < -0.39 is 0 Å². The van der Waals surface area contributed by atoms with E-state index >= 15 is 0 Å². The summed E-state index contributed by atoms with van der Waals surface area (Å²) in [5.41, 5.74) is 4.98. The number of benzene rings is 4. The highest BCUT2D eigenvalue weighted by Gasteiger charge is 2.20. The molecular formula is C36H37N3O4. The van der Waals surface area contributed by atoms with Crippen LogP contribution >= 0.6 is 0 Å². The minimum Gasteiger partial charge on any atom is -0.457 e. The smallest absolute Gasteiger partial charge is 0.253 e. The number of amides is 1. The molecule has 1 unspecified atom stereocenters. The normalized spacial score (nSPS) is 11.7. The monoisotopic (exact) mass is 575 g/mol. The molecule has 0 spiro atoms. The summed E-state index contributed by atoms with van der Waals surface area (Å²) < 4.78 is 17.6.